The predicted molar refractivity (Wildman–Crippen MR) is 63.8 cm³/mol. The molecule has 2 rings (SSSR count). The molecule has 1 heterocycles. The van der Waals surface area contributed by atoms with Crippen LogP contribution < -0.4 is 0 Å². The summed E-state index contributed by atoms with van der Waals surface area (Å²) in [5.41, 5.74) is 0.309. The van der Waals surface area contributed by atoms with Crippen LogP contribution in [0.25, 0.3) is 0 Å². The zero-order valence-electron chi connectivity index (χ0n) is 9.15. The van der Waals surface area contributed by atoms with Crippen LogP contribution >= 0.6 is 11.8 Å². The van der Waals surface area contributed by atoms with Crippen LogP contribution in [0.2, 0.25) is 0 Å². The normalized spacial score (nSPS) is 17.5. The summed E-state index contributed by atoms with van der Waals surface area (Å²) in [6, 6.07) is 1.53. The quantitative estimate of drug-likeness (QED) is 0.874. The average molecular weight is 240 g/mol. The Balaban J connectivity index is 1.88. The number of carboxylic acid groups (broad SMARTS) is 1. The van der Waals surface area contributed by atoms with Gasteiger partial charge in [-0.15, -0.1) is 0 Å². The maximum absolute atomic E-state index is 10.9. The zero-order chi connectivity index (χ0) is 11.4. The number of rotatable bonds is 4. The van der Waals surface area contributed by atoms with E-state index in [2.05, 4.69) is 0 Å². The molecule has 0 spiro atoms. The molecule has 88 valence electrons. The van der Waals surface area contributed by atoms with Crippen molar-refractivity contribution in [1.29, 1.82) is 0 Å². The minimum Gasteiger partial charge on any atom is -0.478 e. The van der Waals surface area contributed by atoms with Gasteiger partial charge in [0.25, 0.3) is 0 Å². The Labute approximate surface area is 99.2 Å². The second-order valence-electron chi connectivity index (χ2n) is 4.13. The minimum atomic E-state index is -0.895. The van der Waals surface area contributed by atoms with Gasteiger partial charge in [-0.2, -0.15) is 11.8 Å². The van der Waals surface area contributed by atoms with Crippen LogP contribution in [-0.4, -0.2) is 16.3 Å². The molecule has 1 fully saturated rings. The van der Waals surface area contributed by atoms with Crippen molar-refractivity contribution in [2.24, 2.45) is 0 Å². The van der Waals surface area contributed by atoms with Gasteiger partial charge in [-0.1, -0.05) is 19.3 Å². The maximum atomic E-state index is 10.9. The number of thioether (sulfide) groups is 1. The third kappa shape index (κ3) is 2.82. The van der Waals surface area contributed by atoms with E-state index in [9.17, 15) is 4.79 Å². The van der Waals surface area contributed by atoms with Crippen molar-refractivity contribution in [2.75, 3.05) is 0 Å². The molecule has 0 saturated heterocycles. The summed E-state index contributed by atoms with van der Waals surface area (Å²) in [7, 11) is 0. The fourth-order valence-corrected chi connectivity index (χ4v) is 3.35. The highest BCUT2D eigenvalue weighted by Gasteiger charge is 2.17. The number of aromatic carboxylic acids is 1. The molecule has 0 unspecified atom stereocenters. The number of carboxylic acids is 1. The van der Waals surface area contributed by atoms with E-state index in [0.717, 1.165) is 0 Å². The first-order valence-corrected chi connectivity index (χ1v) is 6.73. The fraction of sp³-hybridized carbons (Fsp3) is 0.583. The molecule has 0 atom stereocenters. The Hall–Kier alpha value is -0.900. The monoisotopic (exact) mass is 240 g/mol. The standard InChI is InChI=1S/C12H16O3S/c13-12(14)10-6-7-15-11(10)8-16-9-4-2-1-3-5-9/h6-7,9H,1-5,8H2,(H,13,14). The van der Waals surface area contributed by atoms with E-state index in [1.807, 2.05) is 11.8 Å². The Morgan fingerprint density at radius 3 is 2.88 bits per heavy atom. The summed E-state index contributed by atoms with van der Waals surface area (Å²) in [6.07, 6.45) is 7.93. The Morgan fingerprint density at radius 2 is 2.19 bits per heavy atom. The van der Waals surface area contributed by atoms with Crippen molar-refractivity contribution in [3.63, 3.8) is 0 Å². The van der Waals surface area contributed by atoms with Gasteiger partial charge in [-0.25, -0.2) is 4.79 Å². The van der Waals surface area contributed by atoms with Crippen molar-refractivity contribution in [3.05, 3.63) is 23.7 Å². The first kappa shape index (κ1) is 11.6. The van der Waals surface area contributed by atoms with Crippen molar-refractivity contribution < 1.29 is 14.3 Å². The molecule has 3 nitrogen and oxygen atoms in total. The summed E-state index contributed by atoms with van der Waals surface area (Å²) in [4.78, 5) is 10.9. The van der Waals surface area contributed by atoms with Gasteiger partial charge in [0.15, 0.2) is 0 Å². The lowest BCUT2D eigenvalue weighted by molar-refractivity contribution is 0.0695. The number of furan rings is 1. The van der Waals surface area contributed by atoms with E-state index in [0.29, 0.717) is 22.3 Å². The molecule has 0 bridgehead atoms. The predicted octanol–water partition coefficient (Wildman–Crippen LogP) is 3.54. The summed E-state index contributed by atoms with van der Waals surface area (Å²) in [6.45, 7) is 0. The smallest absolute Gasteiger partial charge is 0.339 e. The van der Waals surface area contributed by atoms with Crippen molar-refractivity contribution >= 4 is 17.7 Å². The van der Waals surface area contributed by atoms with Gasteiger partial charge in [0, 0.05) is 5.25 Å². The topological polar surface area (TPSA) is 50.4 Å². The summed E-state index contributed by atoms with van der Waals surface area (Å²) in [5, 5.41) is 9.60. The molecule has 1 saturated carbocycles. The van der Waals surface area contributed by atoms with Gasteiger partial charge in [-0.3, -0.25) is 0 Å². The highest BCUT2D eigenvalue weighted by molar-refractivity contribution is 7.99. The molecule has 1 N–H and O–H groups in total. The van der Waals surface area contributed by atoms with Crippen LogP contribution in [0.1, 0.15) is 48.2 Å². The highest BCUT2D eigenvalue weighted by Crippen LogP contribution is 2.31. The zero-order valence-corrected chi connectivity index (χ0v) is 9.96. The third-order valence-electron chi connectivity index (χ3n) is 2.98. The second-order valence-corrected chi connectivity index (χ2v) is 5.42. The van der Waals surface area contributed by atoms with Crippen LogP contribution in [0.15, 0.2) is 16.7 Å². The van der Waals surface area contributed by atoms with E-state index in [1.54, 1.807) is 0 Å². The highest BCUT2D eigenvalue weighted by atomic mass is 32.2. The Bertz CT molecular complexity index is 353. The maximum Gasteiger partial charge on any atom is 0.339 e. The van der Waals surface area contributed by atoms with Crippen LogP contribution in [0.4, 0.5) is 0 Å². The first-order valence-electron chi connectivity index (χ1n) is 5.68. The van der Waals surface area contributed by atoms with Crippen molar-refractivity contribution in [3.8, 4) is 0 Å². The third-order valence-corrected chi connectivity index (χ3v) is 4.35. The molecule has 1 aromatic heterocycles. The van der Waals surface area contributed by atoms with Crippen molar-refractivity contribution in [1.82, 2.24) is 0 Å². The summed E-state index contributed by atoms with van der Waals surface area (Å²) >= 11 is 1.83. The van der Waals surface area contributed by atoms with Crippen LogP contribution in [0.5, 0.6) is 0 Å². The van der Waals surface area contributed by atoms with E-state index in [-0.39, 0.29) is 0 Å². The molecule has 0 aliphatic heterocycles. The molecular formula is C12H16O3S. The van der Waals surface area contributed by atoms with Crippen LogP contribution in [0.3, 0.4) is 0 Å². The van der Waals surface area contributed by atoms with Crippen LogP contribution in [-0.2, 0) is 5.75 Å². The van der Waals surface area contributed by atoms with Gasteiger partial charge in [0.2, 0.25) is 0 Å². The summed E-state index contributed by atoms with van der Waals surface area (Å²) in [5.74, 6) is 0.385. The number of carbonyl (C=O) groups is 1. The van der Waals surface area contributed by atoms with E-state index in [4.69, 9.17) is 9.52 Å². The lowest BCUT2D eigenvalue weighted by atomic mass is 10.0. The lowest BCUT2D eigenvalue weighted by Crippen LogP contribution is -2.08. The SMILES string of the molecule is O=C(O)c1ccoc1CSC1CCCCC1. The summed E-state index contributed by atoms with van der Waals surface area (Å²) < 4.78 is 5.22. The fourth-order valence-electron chi connectivity index (χ4n) is 2.07. The molecule has 0 radical (unpaired) electrons. The van der Waals surface area contributed by atoms with E-state index >= 15 is 0 Å². The molecule has 1 aliphatic carbocycles. The Morgan fingerprint density at radius 1 is 1.44 bits per heavy atom. The van der Waals surface area contributed by atoms with Crippen LogP contribution in [0, 0.1) is 0 Å². The van der Waals surface area contributed by atoms with Gasteiger partial charge in [-0.05, 0) is 18.9 Å². The molecule has 4 heteroatoms. The van der Waals surface area contributed by atoms with Gasteiger partial charge >= 0.3 is 5.97 Å². The van der Waals surface area contributed by atoms with Crippen molar-refractivity contribution in [2.45, 2.75) is 43.1 Å². The van der Waals surface area contributed by atoms with E-state index < -0.39 is 5.97 Å². The molecule has 16 heavy (non-hydrogen) atoms. The van der Waals surface area contributed by atoms with Gasteiger partial charge < -0.3 is 9.52 Å². The Kier molecular flexibility index (Phi) is 3.93. The average Bonchev–Trinajstić information content (AvgIpc) is 2.76. The van der Waals surface area contributed by atoms with E-state index in [1.165, 1.54) is 44.4 Å². The van der Waals surface area contributed by atoms with Gasteiger partial charge in [0.1, 0.15) is 11.3 Å². The largest absolute Gasteiger partial charge is 0.478 e. The number of hydrogen-bond acceptors (Lipinski definition) is 3. The van der Waals surface area contributed by atoms with Gasteiger partial charge in [0.05, 0.1) is 12.0 Å². The molecule has 0 aromatic carbocycles. The minimum absolute atomic E-state index is 0.309. The lowest BCUT2D eigenvalue weighted by Gasteiger charge is -2.20. The first-order chi connectivity index (χ1) is 7.77. The number of hydrogen-bond donors (Lipinski definition) is 1. The molecule has 0 amide bonds. The molecule has 1 aromatic rings. The molecular weight excluding hydrogens is 224 g/mol. The second kappa shape index (κ2) is 5.43. The molecule has 1 aliphatic rings.